The van der Waals surface area contributed by atoms with Crippen molar-refractivity contribution in [2.24, 2.45) is 0 Å². The lowest BCUT2D eigenvalue weighted by atomic mass is 10.1. The van der Waals surface area contributed by atoms with Gasteiger partial charge in [-0.2, -0.15) is 0 Å². The summed E-state index contributed by atoms with van der Waals surface area (Å²) in [6, 6.07) is 0. The van der Waals surface area contributed by atoms with E-state index >= 15 is 0 Å². The Bertz CT molecular complexity index is 1050. The monoisotopic (exact) mass is 753 g/mol. The van der Waals surface area contributed by atoms with Crippen LogP contribution in [0.25, 0.3) is 0 Å². The van der Waals surface area contributed by atoms with E-state index in [1.165, 1.54) is 51.4 Å². The van der Waals surface area contributed by atoms with Gasteiger partial charge in [-0.15, -0.1) is 0 Å². The molecular formula is C48H80O6. The van der Waals surface area contributed by atoms with Crippen molar-refractivity contribution < 1.29 is 28.6 Å². The summed E-state index contributed by atoms with van der Waals surface area (Å²) in [5.74, 6) is -0.966. The van der Waals surface area contributed by atoms with E-state index in [9.17, 15) is 14.4 Å². The molecule has 6 nitrogen and oxygen atoms in total. The van der Waals surface area contributed by atoms with Crippen molar-refractivity contribution in [1.29, 1.82) is 0 Å². The van der Waals surface area contributed by atoms with Gasteiger partial charge in [-0.1, -0.05) is 177 Å². The number of carbonyl (C=O) groups excluding carboxylic acids is 3. The Hall–Kier alpha value is -3.15. The molecule has 6 heteroatoms. The second-order valence-corrected chi connectivity index (χ2v) is 14.3. The highest BCUT2D eigenvalue weighted by molar-refractivity contribution is 5.71. The molecule has 308 valence electrons. The van der Waals surface area contributed by atoms with Crippen molar-refractivity contribution in [2.45, 2.75) is 200 Å². The molecule has 0 aliphatic rings. The standard InChI is InChI=1S/C48H80O6/c1-4-7-10-13-16-19-22-24-27-29-32-35-38-41-47(50)53-44-45(43-52-46(49)40-37-34-31-28-25-21-18-15-12-9-6-3)54-48(51)42-39-36-33-30-26-23-20-17-14-11-8-5-2/h7-8,10-11,13,16-17,19-20,22,26,30,45H,4-6,9,12,14-15,18,21,23-25,27-29,31-44H2,1-3H3/b10-7-,11-8-,16-13-,20-17-,22-19-,30-26-. The topological polar surface area (TPSA) is 78.9 Å². The molecule has 1 atom stereocenters. The highest BCUT2D eigenvalue weighted by Gasteiger charge is 2.19. The van der Waals surface area contributed by atoms with Gasteiger partial charge >= 0.3 is 17.9 Å². The molecule has 1 unspecified atom stereocenters. The van der Waals surface area contributed by atoms with E-state index in [1.807, 2.05) is 6.08 Å². The molecule has 0 radical (unpaired) electrons. The molecule has 0 rings (SSSR count). The first-order valence-electron chi connectivity index (χ1n) is 22.0. The molecule has 0 aromatic rings. The van der Waals surface area contributed by atoms with Gasteiger partial charge in [0, 0.05) is 19.3 Å². The Balaban J connectivity index is 4.48. The maximum Gasteiger partial charge on any atom is 0.306 e. The molecule has 0 aliphatic carbocycles. The molecule has 0 saturated heterocycles. The Kier molecular flexibility index (Phi) is 40.1. The van der Waals surface area contributed by atoms with Gasteiger partial charge in [-0.3, -0.25) is 14.4 Å². The molecule has 0 aromatic carbocycles. The van der Waals surface area contributed by atoms with Crippen LogP contribution in [0.5, 0.6) is 0 Å². The predicted molar refractivity (Wildman–Crippen MR) is 228 cm³/mol. The van der Waals surface area contributed by atoms with E-state index in [-0.39, 0.29) is 37.5 Å². The molecule has 54 heavy (non-hydrogen) atoms. The Morgan fingerprint density at radius 3 is 1.37 bits per heavy atom. The zero-order valence-electron chi connectivity index (χ0n) is 35.0. The molecule has 0 bridgehead atoms. The Morgan fingerprint density at radius 1 is 0.407 bits per heavy atom. The van der Waals surface area contributed by atoms with Crippen LogP contribution in [-0.2, 0) is 28.6 Å². The lowest BCUT2D eigenvalue weighted by molar-refractivity contribution is -0.167. The summed E-state index contributed by atoms with van der Waals surface area (Å²) in [5.41, 5.74) is 0. The van der Waals surface area contributed by atoms with Gasteiger partial charge in [-0.05, 0) is 70.6 Å². The number of unbranched alkanes of at least 4 members (excludes halogenated alkanes) is 17. The van der Waals surface area contributed by atoms with E-state index < -0.39 is 6.10 Å². The molecule has 0 heterocycles. The molecule has 0 spiro atoms. The highest BCUT2D eigenvalue weighted by atomic mass is 16.6. The third-order valence-corrected chi connectivity index (χ3v) is 9.02. The minimum Gasteiger partial charge on any atom is -0.462 e. The number of carbonyl (C=O) groups is 3. The summed E-state index contributed by atoms with van der Waals surface area (Å²) in [6.07, 6.45) is 51.7. The summed E-state index contributed by atoms with van der Waals surface area (Å²) in [5, 5.41) is 0. The summed E-state index contributed by atoms with van der Waals surface area (Å²) < 4.78 is 16.6. The Morgan fingerprint density at radius 2 is 0.815 bits per heavy atom. The van der Waals surface area contributed by atoms with Gasteiger partial charge in [0.25, 0.3) is 0 Å². The first-order chi connectivity index (χ1) is 26.5. The number of ether oxygens (including phenoxy) is 3. The van der Waals surface area contributed by atoms with Crippen molar-refractivity contribution in [3.63, 3.8) is 0 Å². The number of esters is 3. The fourth-order valence-corrected chi connectivity index (χ4v) is 5.75. The molecule has 0 aliphatic heterocycles. The molecule has 0 aromatic heterocycles. The molecule has 0 fully saturated rings. The van der Waals surface area contributed by atoms with E-state index in [1.54, 1.807) is 0 Å². The molecule has 0 saturated carbocycles. The SMILES string of the molecule is CC\C=C/C=C\C=C/CCCCCCCC(=O)OCC(COC(=O)CCCCCCCCCCCCC)OC(=O)CCCC/C=C\C/C=C\C/C=C\CC. The highest BCUT2D eigenvalue weighted by Crippen LogP contribution is 2.13. The van der Waals surface area contributed by atoms with Gasteiger partial charge in [0.15, 0.2) is 6.10 Å². The van der Waals surface area contributed by atoms with Crippen LogP contribution in [-0.4, -0.2) is 37.2 Å². The van der Waals surface area contributed by atoms with Gasteiger partial charge in [0.1, 0.15) is 13.2 Å². The third-order valence-electron chi connectivity index (χ3n) is 9.02. The fraction of sp³-hybridized carbons (Fsp3) is 0.688. The van der Waals surface area contributed by atoms with E-state index in [2.05, 4.69) is 87.6 Å². The molecule has 0 N–H and O–H groups in total. The van der Waals surface area contributed by atoms with Gasteiger partial charge < -0.3 is 14.2 Å². The van der Waals surface area contributed by atoms with Crippen LogP contribution in [0.1, 0.15) is 194 Å². The van der Waals surface area contributed by atoms with Crippen LogP contribution >= 0.6 is 0 Å². The molecule has 0 amide bonds. The number of hydrogen-bond donors (Lipinski definition) is 0. The first-order valence-corrected chi connectivity index (χ1v) is 22.0. The van der Waals surface area contributed by atoms with Gasteiger partial charge in [-0.25, -0.2) is 0 Å². The zero-order valence-corrected chi connectivity index (χ0v) is 35.0. The number of allylic oxidation sites excluding steroid dienone is 12. The average molecular weight is 753 g/mol. The minimum atomic E-state index is -0.799. The lowest BCUT2D eigenvalue weighted by Gasteiger charge is -2.18. The fourth-order valence-electron chi connectivity index (χ4n) is 5.75. The Labute approximate surface area is 332 Å². The smallest absolute Gasteiger partial charge is 0.306 e. The van der Waals surface area contributed by atoms with Crippen LogP contribution in [0.2, 0.25) is 0 Å². The minimum absolute atomic E-state index is 0.0972. The zero-order chi connectivity index (χ0) is 39.4. The summed E-state index contributed by atoms with van der Waals surface area (Å²) in [4.78, 5) is 37.7. The van der Waals surface area contributed by atoms with Crippen molar-refractivity contribution in [2.75, 3.05) is 13.2 Å². The lowest BCUT2D eigenvalue weighted by Crippen LogP contribution is -2.30. The predicted octanol–water partition coefficient (Wildman–Crippen LogP) is 13.9. The van der Waals surface area contributed by atoms with E-state index in [0.717, 1.165) is 96.3 Å². The van der Waals surface area contributed by atoms with E-state index in [0.29, 0.717) is 19.3 Å². The van der Waals surface area contributed by atoms with Gasteiger partial charge in [0.2, 0.25) is 0 Å². The second-order valence-electron chi connectivity index (χ2n) is 14.3. The third kappa shape index (κ3) is 40.0. The van der Waals surface area contributed by atoms with Crippen LogP contribution in [0.4, 0.5) is 0 Å². The van der Waals surface area contributed by atoms with Crippen molar-refractivity contribution in [3.05, 3.63) is 72.9 Å². The first kappa shape index (κ1) is 50.9. The van der Waals surface area contributed by atoms with Crippen molar-refractivity contribution in [1.82, 2.24) is 0 Å². The largest absolute Gasteiger partial charge is 0.462 e. The van der Waals surface area contributed by atoms with Crippen LogP contribution in [0.3, 0.4) is 0 Å². The molecular weight excluding hydrogens is 673 g/mol. The number of rotatable bonds is 38. The quantitative estimate of drug-likeness (QED) is 0.0205. The second kappa shape index (κ2) is 42.6. The maximum absolute atomic E-state index is 12.7. The van der Waals surface area contributed by atoms with Crippen molar-refractivity contribution >= 4 is 17.9 Å². The van der Waals surface area contributed by atoms with Crippen LogP contribution in [0, 0.1) is 0 Å². The van der Waals surface area contributed by atoms with Crippen LogP contribution in [0.15, 0.2) is 72.9 Å². The summed E-state index contributed by atoms with van der Waals surface area (Å²) in [7, 11) is 0. The van der Waals surface area contributed by atoms with E-state index in [4.69, 9.17) is 14.2 Å². The number of hydrogen-bond acceptors (Lipinski definition) is 6. The maximum atomic E-state index is 12.7. The van der Waals surface area contributed by atoms with Gasteiger partial charge in [0.05, 0.1) is 0 Å². The summed E-state index contributed by atoms with van der Waals surface area (Å²) >= 11 is 0. The average Bonchev–Trinajstić information content (AvgIpc) is 3.17. The van der Waals surface area contributed by atoms with Crippen molar-refractivity contribution in [3.8, 4) is 0 Å². The normalized spacial score (nSPS) is 12.7. The van der Waals surface area contributed by atoms with Crippen LogP contribution < -0.4 is 0 Å². The summed E-state index contributed by atoms with van der Waals surface area (Å²) in [6.45, 7) is 6.30.